The van der Waals surface area contributed by atoms with Crippen molar-refractivity contribution in [1.82, 2.24) is 14.5 Å². The Bertz CT molecular complexity index is 600. The summed E-state index contributed by atoms with van der Waals surface area (Å²) in [6, 6.07) is 6.53. The van der Waals surface area contributed by atoms with Crippen LogP contribution >= 0.6 is 23.2 Å². The summed E-state index contributed by atoms with van der Waals surface area (Å²) >= 11 is 12.2. The van der Waals surface area contributed by atoms with Crippen molar-refractivity contribution in [3.05, 3.63) is 29.0 Å². The Balaban J connectivity index is 2.07. The number of aromatic nitrogens is 2. The molecule has 0 atom stereocenters. The van der Waals surface area contributed by atoms with Crippen LogP contribution in [0.3, 0.4) is 0 Å². The molecule has 3 nitrogen and oxygen atoms in total. The Morgan fingerprint density at radius 2 is 2.05 bits per heavy atom. The normalized spacial score (nSPS) is 17.9. The van der Waals surface area contributed by atoms with E-state index in [0.29, 0.717) is 11.9 Å². The molecule has 20 heavy (non-hydrogen) atoms. The number of benzene rings is 1. The van der Waals surface area contributed by atoms with Crippen LogP contribution in [0.1, 0.15) is 24.7 Å². The van der Waals surface area contributed by atoms with Gasteiger partial charge in [0, 0.05) is 18.3 Å². The largest absolute Gasteiger partial charge is 0.325 e. The average molecular weight is 312 g/mol. The fraction of sp³-hybridized carbons (Fsp3) is 0.533. The third-order valence-electron chi connectivity index (χ3n) is 4.12. The number of imidazole rings is 1. The van der Waals surface area contributed by atoms with Crippen LogP contribution in [0.25, 0.3) is 11.0 Å². The highest BCUT2D eigenvalue weighted by atomic mass is 35.5. The zero-order chi connectivity index (χ0) is 14.1. The van der Waals surface area contributed by atoms with Crippen molar-refractivity contribution in [2.24, 2.45) is 0 Å². The van der Waals surface area contributed by atoms with Gasteiger partial charge < -0.3 is 9.47 Å². The zero-order valence-electron chi connectivity index (χ0n) is 11.6. The third-order valence-corrected chi connectivity index (χ3v) is 4.61. The second kappa shape index (κ2) is 5.92. The SMILES string of the molecule is CN1CCC(n2c(CCCl)nc3c(Cl)cccc32)CC1. The van der Waals surface area contributed by atoms with E-state index in [1.54, 1.807) is 0 Å². The molecule has 0 bridgehead atoms. The second-order valence-corrected chi connectivity index (χ2v) is 6.26. The van der Waals surface area contributed by atoms with Crippen molar-refractivity contribution < 1.29 is 0 Å². The quantitative estimate of drug-likeness (QED) is 0.805. The topological polar surface area (TPSA) is 21.1 Å². The minimum absolute atomic E-state index is 0.507. The van der Waals surface area contributed by atoms with Crippen molar-refractivity contribution in [1.29, 1.82) is 0 Å². The first-order valence-electron chi connectivity index (χ1n) is 7.10. The van der Waals surface area contributed by atoms with Gasteiger partial charge in [0.1, 0.15) is 11.3 Å². The van der Waals surface area contributed by atoms with Crippen LogP contribution in [-0.2, 0) is 6.42 Å². The number of fused-ring (bicyclic) bond motifs is 1. The van der Waals surface area contributed by atoms with Gasteiger partial charge in [-0.15, -0.1) is 11.6 Å². The molecule has 1 saturated heterocycles. The lowest BCUT2D eigenvalue weighted by Crippen LogP contribution is -2.32. The summed E-state index contributed by atoms with van der Waals surface area (Å²) in [7, 11) is 2.18. The lowest BCUT2D eigenvalue weighted by molar-refractivity contribution is 0.221. The van der Waals surface area contributed by atoms with E-state index in [1.807, 2.05) is 12.1 Å². The van der Waals surface area contributed by atoms with Crippen LogP contribution in [0.4, 0.5) is 0 Å². The van der Waals surface area contributed by atoms with E-state index < -0.39 is 0 Å². The van der Waals surface area contributed by atoms with Crippen molar-refractivity contribution in [2.45, 2.75) is 25.3 Å². The first kappa shape index (κ1) is 14.2. The molecule has 0 aliphatic carbocycles. The number of likely N-dealkylation sites (tertiary alicyclic amines) is 1. The van der Waals surface area contributed by atoms with Gasteiger partial charge in [0.2, 0.25) is 0 Å². The summed E-state index contributed by atoms with van der Waals surface area (Å²) in [6.07, 6.45) is 3.10. The van der Waals surface area contributed by atoms with Gasteiger partial charge in [-0.25, -0.2) is 4.98 Å². The predicted octanol–water partition coefficient (Wildman–Crippen LogP) is 3.74. The van der Waals surface area contributed by atoms with Gasteiger partial charge in [-0.2, -0.15) is 0 Å². The highest BCUT2D eigenvalue weighted by molar-refractivity contribution is 6.34. The summed E-state index contributed by atoms with van der Waals surface area (Å²) in [5.41, 5.74) is 2.06. The molecule has 1 fully saturated rings. The summed E-state index contributed by atoms with van der Waals surface area (Å²) in [5, 5.41) is 0.727. The van der Waals surface area contributed by atoms with Crippen LogP contribution in [-0.4, -0.2) is 40.5 Å². The molecular formula is C15H19Cl2N3. The minimum atomic E-state index is 0.507. The molecule has 3 rings (SSSR count). The first-order chi connectivity index (χ1) is 9.70. The van der Waals surface area contributed by atoms with E-state index in [-0.39, 0.29) is 0 Å². The number of aryl methyl sites for hydroxylation is 1. The molecule has 0 N–H and O–H groups in total. The molecule has 1 aromatic heterocycles. The highest BCUT2D eigenvalue weighted by Gasteiger charge is 2.23. The number of nitrogens with zero attached hydrogens (tertiary/aromatic N) is 3. The zero-order valence-corrected chi connectivity index (χ0v) is 13.2. The van der Waals surface area contributed by atoms with Gasteiger partial charge in [-0.05, 0) is 45.1 Å². The van der Waals surface area contributed by atoms with Gasteiger partial charge in [0.15, 0.2) is 0 Å². The third kappa shape index (κ3) is 2.54. The summed E-state index contributed by atoms with van der Waals surface area (Å²) in [6.45, 7) is 2.26. The van der Waals surface area contributed by atoms with Crippen molar-refractivity contribution >= 4 is 34.2 Å². The Labute approximate surface area is 129 Å². The smallest absolute Gasteiger partial charge is 0.111 e. The molecule has 2 heterocycles. The van der Waals surface area contributed by atoms with Gasteiger partial charge >= 0.3 is 0 Å². The molecule has 0 unspecified atom stereocenters. The van der Waals surface area contributed by atoms with Gasteiger partial charge in [-0.1, -0.05) is 17.7 Å². The summed E-state index contributed by atoms with van der Waals surface area (Å²) in [4.78, 5) is 7.11. The van der Waals surface area contributed by atoms with Crippen molar-refractivity contribution in [3.63, 3.8) is 0 Å². The fourth-order valence-corrected chi connectivity index (χ4v) is 3.43. The maximum absolute atomic E-state index is 6.29. The Morgan fingerprint density at radius 1 is 1.30 bits per heavy atom. The van der Waals surface area contributed by atoms with E-state index >= 15 is 0 Å². The van der Waals surface area contributed by atoms with Gasteiger partial charge in [0.05, 0.1) is 10.5 Å². The standard InChI is InChI=1S/C15H19Cl2N3/c1-19-9-6-11(7-10-19)20-13-4-2-3-12(17)15(13)18-14(20)5-8-16/h2-4,11H,5-10H2,1H3. The lowest BCUT2D eigenvalue weighted by atomic mass is 10.0. The summed E-state index contributed by atoms with van der Waals surface area (Å²) < 4.78 is 2.37. The van der Waals surface area contributed by atoms with Crippen LogP contribution in [0.5, 0.6) is 0 Å². The number of para-hydroxylation sites is 1. The van der Waals surface area contributed by atoms with E-state index in [0.717, 1.165) is 54.2 Å². The van der Waals surface area contributed by atoms with E-state index in [4.69, 9.17) is 28.2 Å². The van der Waals surface area contributed by atoms with Crippen LogP contribution < -0.4 is 0 Å². The van der Waals surface area contributed by atoms with Crippen LogP contribution in [0.2, 0.25) is 5.02 Å². The number of hydrogen-bond acceptors (Lipinski definition) is 2. The average Bonchev–Trinajstić information content (AvgIpc) is 2.80. The molecule has 5 heteroatoms. The molecule has 1 aromatic carbocycles. The molecule has 1 aliphatic rings. The van der Waals surface area contributed by atoms with E-state index in [1.165, 1.54) is 0 Å². The summed E-state index contributed by atoms with van der Waals surface area (Å²) in [5.74, 6) is 1.66. The molecular weight excluding hydrogens is 293 g/mol. The predicted molar refractivity (Wildman–Crippen MR) is 84.9 cm³/mol. The highest BCUT2D eigenvalue weighted by Crippen LogP contribution is 2.31. The maximum Gasteiger partial charge on any atom is 0.111 e. The first-order valence-corrected chi connectivity index (χ1v) is 8.02. The van der Waals surface area contributed by atoms with Crippen LogP contribution in [0, 0.1) is 0 Å². The number of piperidine rings is 1. The minimum Gasteiger partial charge on any atom is -0.325 e. The Hall–Kier alpha value is -0.770. The molecule has 0 radical (unpaired) electrons. The van der Waals surface area contributed by atoms with E-state index in [9.17, 15) is 0 Å². The maximum atomic E-state index is 6.29. The molecule has 0 saturated carbocycles. The molecule has 1 aliphatic heterocycles. The van der Waals surface area contributed by atoms with E-state index in [2.05, 4.69) is 22.6 Å². The van der Waals surface area contributed by atoms with Gasteiger partial charge in [-0.3, -0.25) is 0 Å². The molecule has 0 spiro atoms. The number of alkyl halides is 1. The van der Waals surface area contributed by atoms with Crippen molar-refractivity contribution in [2.75, 3.05) is 26.0 Å². The van der Waals surface area contributed by atoms with Crippen molar-refractivity contribution in [3.8, 4) is 0 Å². The van der Waals surface area contributed by atoms with Gasteiger partial charge in [0.25, 0.3) is 0 Å². The lowest BCUT2D eigenvalue weighted by Gasteiger charge is -2.31. The van der Waals surface area contributed by atoms with Crippen LogP contribution in [0.15, 0.2) is 18.2 Å². The second-order valence-electron chi connectivity index (χ2n) is 5.48. The molecule has 108 valence electrons. The Kier molecular flexibility index (Phi) is 4.20. The molecule has 2 aromatic rings. The number of rotatable bonds is 3. The molecule has 0 amide bonds. The fourth-order valence-electron chi connectivity index (χ4n) is 3.05. The Morgan fingerprint density at radius 3 is 2.75 bits per heavy atom. The number of halogens is 2. The number of hydrogen-bond donors (Lipinski definition) is 0. The monoisotopic (exact) mass is 311 g/mol.